The number of carbonyl (C=O) groups is 2. The molecule has 0 unspecified atom stereocenters. The minimum Gasteiger partial charge on any atom is -0.411 e. The second kappa shape index (κ2) is 11.5. The number of oxime groups is 1. The first-order chi connectivity index (χ1) is 18.9. The van der Waals surface area contributed by atoms with Gasteiger partial charge in [0.1, 0.15) is 5.71 Å². The van der Waals surface area contributed by atoms with Crippen molar-refractivity contribution in [1.29, 1.82) is 0 Å². The Hall–Kier alpha value is -3.87. The predicted molar refractivity (Wildman–Crippen MR) is 160 cm³/mol. The van der Waals surface area contributed by atoms with Crippen LogP contribution in [0.25, 0.3) is 21.8 Å². The summed E-state index contributed by atoms with van der Waals surface area (Å²) >= 11 is 7.51. The quantitative estimate of drug-likeness (QED) is 0.0655. The Labute approximate surface area is 236 Å². The number of aryl methyl sites for hydroxylation is 2. The molecule has 0 aliphatic rings. The van der Waals surface area contributed by atoms with Crippen LogP contribution in [-0.4, -0.2) is 32.8 Å². The lowest BCUT2D eigenvalue weighted by molar-refractivity contribution is 0.103. The van der Waals surface area contributed by atoms with Crippen LogP contribution in [0.15, 0.2) is 95.0 Å². The minimum atomic E-state index is -0.319. The van der Waals surface area contributed by atoms with E-state index in [2.05, 4.69) is 16.6 Å². The molecule has 196 valence electrons. The summed E-state index contributed by atoms with van der Waals surface area (Å²) in [5, 5.41) is 15.4. The van der Waals surface area contributed by atoms with E-state index >= 15 is 0 Å². The molecule has 1 N–H and O–H groups in total. The van der Waals surface area contributed by atoms with E-state index in [4.69, 9.17) is 11.6 Å². The van der Waals surface area contributed by atoms with E-state index in [0.29, 0.717) is 33.9 Å². The average Bonchev–Trinajstić information content (AvgIpc) is 3.28. The van der Waals surface area contributed by atoms with E-state index in [1.54, 1.807) is 17.8 Å². The van der Waals surface area contributed by atoms with Gasteiger partial charge in [-0.15, -0.1) is 11.8 Å². The van der Waals surface area contributed by atoms with Gasteiger partial charge in [-0.1, -0.05) is 41.0 Å². The predicted octanol–water partition coefficient (Wildman–Crippen LogP) is 8.20. The van der Waals surface area contributed by atoms with Gasteiger partial charge in [0.25, 0.3) is 0 Å². The maximum atomic E-state index is 13.3. The minimum absolute atomic E-state index is 0.0347. The maximum absolute atomic E-state index is 13.3. The molecule has 4 aromatic carbocycles. The van der Waals surface area contributed by atoms with E-state index in [-0.39, 0.29) is 17.3 Å². The molecule has 0 saturated heterocycles. The number of rotatable bonds is 9. The summed E-state index contributed by atoms with van der Waals surface area (Å²) in [5.74, 6) is 0.224. The highest BCUT2D eigenvalue weighted by molar-refractivity contribution is 7.99. The number of nitrogens with zero attached hydrogens (tertiary/aromatic N) is 2. The first kappa shape index (κ1) is 26.7. The molecule has 0 atom stereocenters. The number of ketones is 2. The first-order valence-electron chi connectivity index (χ1n) is 12.7. The van der Waals surface area contributed by atoms with Crippen LogP contribution >= 0.6 is 23.4 Å². The molecule has 39 heavy (non-hydrogen) atoms. The van der Waals surface area contributed by atoms with Gasteiger partial charge >= 0.3 is 0 Å². The van der Waals surface area contributed by atoms with Crippen molar-refractivity contribution < 1.29 is 14.8 Å². The summed E-state index contributed by atoms with van der Waals surface area (Å²) in [6.45, 7) is 4.74. The van der Waals surface area contributed by atoms with Gasteiger partial charge < -0.3 is 9.77 Å². The Morgan fingerprint density at radius 3 is 2.18 bits per heavy atom. The number of carbonyl (C=O) groups excluding carboxylic acids is 2. The van der Waals surface area contributed by atoms with Gasteiger partial charge in [0.2, 0.25) is 5.78 Å². The SMILES string of the molecule is CCn1c2ccc(C(=O)/C(CCSc3ccc(Cl)cc3)=N/O)cc2c2cc(C(=O)c3ccccc3C)ccc21. The molecule has 0 saturated carbocycles. The molecule has 0 amide bonds. The summed E-state index contributed by atoms with van der Waals surface area (Å²) in [7, 11) is 0. The van der Waals surface area contributed by atoms with Crippen molar-refractivity contribution >= 4 is 62.4 Å². The average molecular weight is 555 g/mol. The molecule has 1 heterocycles. The number of hydrogen-bond acceptors (Lipinski definition) is 5. The number of thioether (sulfide) groups is 1. The Kier molecular flexibility index (Phi) is 7.87. The zero-order valence-corrected chi connectivity index (χ0v) is 23.2. The maximum Gasteiger partial charge on any atom is 0.210 e. The first-order valence-corrected chi connectivity index (χ1v) is 14.1. The summed E-state index contributed by atoms with van der Waals surface area (Å²) in [6, 6.07) is 26.3. The van der Waals surface area contributed by atoms with Crippen LogP contribution in [-0.2, 0) is 6.54 Å². The highest BCUT2D eigenvalue weighted by atomic mass is 35.5. The largest absolute Gasteiger partial charge is 0.411 e. The fraction of sp³-hybridized carbons (Fsp3) is 0.156. The molecule has 0 fully saturated rings. The molecule has 0 aliphatic heterocycles. The number of Topliss-reactive ketones (excluding diaryl/α,β-unsaturated/α-hetero) is 1. The second-order valence-electron chi connectivity index (χ2n) is 9.28. The molecule has 0 radical (unpaired) electrons. The van der Waals surface area contributed by atoms with Crippen molar-refractivity contribution in [2.45, 2.75) is 31.7 Å². The van der Waals surface area contributed by atoms with Crippen LogP contribution in [0.3, 0.4) is 0 Å². The van der Waals surface area contributed by atoms with E-state index in [0.717, 1.165) is 38.8 Å². The van der Waals surface area contributed by atoms with Gasteiger partial charge in [0.15, 0.2) is 5.78 Å². The van der Waals surface area contributed by atoms with Gasteiger partial charge in [-0.05, 0) is 80.1 Å². The van der Waals surface area contributed by atoms with Crippen molar-refractivity contribution in [3.63, 3.8) is 0 Å². The standard InChI is InChI=1S/C32H27ClN2O3S/c1-3-35-29-14-8-21(31(36)25-7-5-4-6-20(25)2)18-26(29)27-19-22(9-15-30(27)35)32(37)28(34-38)16-17-39-24-12-10-23(33)11-13-24/h4-15,18-19,38H,3,16-17H2,1-2H3/b34-28+. The van der Waals surface area contributed by atoms with E-state index < -0.39 is 0 Å². The van der Waals surface area contributed by atoms with Crippen LogP contribution < -0.4 is 0 Å². The van der Waals surface area contributed by atoms with Crippen LogP contribution in [0.1, 0.15) is 45.2 Å². The number of halogens is 1. The number of fused-ring (bicyclic) bond motifs is 3. The Bertz CT molecular complexity index is 1740. The second-order valence-corrected chi connectivity index (χ2v) is 10.9. The highest BCUT2D eigenvalue weighted by Gasteiger charge is 2.19. The molecule has 1 aromatic heterocycles. The summed E-state index contributed by atoms with van der Waals surface area (Å²) in [6.07, 6.45) is 0.312. The monoisotopic (exact) mass is 554 g/mol. The Morgan fingerprint density at radius 2 is 1.54 bits per heavy atom. The van der Waals surface area contributed by atoms with Crippen molar-refractivity contribution in [3.8, 4) is 0 Å². The molecule has 0 spiro atoms. The van der Waals surface area contributed by atoms with Crippen molar-refractivity contribution in [2.24, 2.45) is 5.16 Å². The lowest BCUT2D eigenvalue weighted by Crippen LogP contribution is -2.15. The lowest BCUT2D eigenvalue weighted by Gasteiger charge is -2.06. The molecule has 5 aromatic rings. The van der Waals surface area contributed by atoms with Crippen LogP contribution in [0.4, 0.5) is 0 Å². The zero-order chi connectivity index (χ0) is 27.5. The highest BCUT2D eigenvalue weighted by Crippen LogP contribution is 2.32. The summed E-state index contributed by atoms with van der Waals surface area (Å²) < 4.78 is 2.17. The zero-order valence-electron chi connectivity index (χ0n) is 21.6. The number of benzene rings is 4. The fourth-order valence-electron chi connectivity index (χ4n) is 4.88. The van der Waals surface area contributed by atoms with E-state index in [1.165, 1.54) is 0 Å². The molecule has 5 nitrogen and oxygen atoms in total. The van der Waals surface area contributed by atoms with Crippen molar-refractivity contribution in [3.05, 3.63) is 112 Å². The van der Waals surface area contributed by atoms with Gasteiger partial charge in [0.05, 0.1) is 0 Å². The van der Waals surface area contributed by atoms with Gasteiger partial charge in [0, 0.05) is 67.1 Å². The molecule has 7 heteroatoms. The molecule has 0 bridgehead atoms. The number of aromatic nitrogens is 1. The van der Waals surface area contributed by atoms with Gasteiger partial charge in [-0.25, -0.2) is 0 Å². The van der Waals surface area contributed by atoms with Crippen molar-refractivity contribution in [2.75, 3.05) is 5.75 Å². The normalized spacial score (nSPS) is 11.8. The lowest BCUT2D eigenvalue weighted by atomic mass is 9.97. The molecular weight excluding hydrogens is 528 g/mol. The van der Waals surface area contributed by atoms with Crippen molar-refractivity contribution in [1.82, 2.24) is 4.57 Å². The smallest absolute Gasteiger partial charge is 0.210 e. The molecule has 5 rings (SSSR count). The third-order valence-corrected chi connectivity index (χ3v) is 8.16. The summed E-state index contributed by atoms with van der Waals surface area (Å²) in [4.78, 5) is 27.7. The van der Waals surface area contributed by atoms with Gasteiger partial charge in [-0.3, -0.25) is 9.59 Å². The third-order valence-electron chi connectivity index (χ3n) is 6.90. The topological polar surface area (TPSA) is 71.7 Å². The Balaban J connectivity index is 1.46. The van der Waals surface area contributed by atoms with Crippen LogP contribution in [0.2, 0.25) is 5.02 Å². The van der Waals surface area contributed by atoms with Gasteiger partial charge in [-0.2, -0.15) is 0 Å². The number of hydrogen-bond donors (Lipinski definition) is 1. The third kappa shape index (κ3) is 5.35. The van der Waals surface area contributed by atoms with E-state index in [1.807, 2.05) is 85.8 Å². The van der Waals surface area contributed by atoms with E-state index in [9.17, 15) is 14.8 Å². The van der Waals surface area contributed by atoms with Crippen LogP contribution in [0.5, 0.6) is 0 Å². The molecular formula is C32H27ClN2O3S. The fourth-order valence-corrected chi connectivity index (χ4v) is 5.87. The Morgan fingerprint density at radius 1 is 0.897 bits per heavy atom. The summed E-state index contributed by atoms with van der Waals surface area (Å²) in [5.41, 5.74) is 4.71. The molecule has 0 aliphatic carbocycles. The van der Waals surface area contributed by atoms with Crippen LogP contribution in [0, 0.1) is 6.92 Å².